The third-order valence-corrected chi connectivity index (χ3v) is 1.26. The molecule has 0 aliphatic heterocycles. The second kappa shape index (κ2) is 9.70. The summed E-state index contributed by atoms with van der Waals surface area (Å²) in [5, 5.41) is 0. The van der Waals surface area contributed by atoms with Crippen molar-refractivity contribution in [2.45, 2.75) is 39.0 Å². The molecule has 0 fully saturated rings. The van der Waals surface area contributed by atoms with Crippen LogP contribution in [-0.4, -0.2) is 17.5 Å². The molecule has 80 valence electrons. The molecule has 0 atom stereocenters. The molecule has 0 aliphatic carbocycles. The fourth-order valence-corrected chi connectivity index (χ4v) is 0.715. The van der Waals surface area contributed by atoms with E-state index in [9.17, 15) is 0 Å². The molecule has 0 saturated heterocycles. The van der Waals surface area contributed by atoms with E-state index >= 15 is 0 Å². The maximum absolute atomic E-state index is 8.74. The van der Waals surface area contributed by atoms with E-state index in [-0.39, 0.29) is 0 Å². The molecule has 0 spiro atoms. The van der Waals surface area contributed by atoms with Crippen LogP contribution in [-0.2, 0) is 10.4 Å². The highest BCUT2D eigenvalue weighted by atomic mass is 32.3. The van der Waals surface area contributed by atoms with Crippen LogP contribution in [0.4, 0.5) is 0 Å². The maximum Gasteiger partial charge on any atom is 0.394 e. The molecular formula is C8H18O4S. The minimum atomic E-state index is -4.67. The van der Waals surface area contributed by atoms with Gasteiger partial charge in [-0.25, -0.2) is 0 Å². The van der Waals surface area contributed by atoms with Gasteiger partial charge in [-0.15, -0.1) is 6.58 Å². The van der Waals surface area contributed by atoms with Crippen molar-refractivity contribution in [2.75, 3.05) is 0 Å². The van der Waals surface area contributed by atoms with Crippen molar-refractivity contribution in [1.82, 2.24) is 0 Å². The van der Waals surface area contributed by atoms with Crippen molar-refractivity contribution in [2.24, 2.45) is 0 Å². The largest absolute Gasteiger partial charge is 0.394 e. The van der Waals surface area contributed by atoms with Gasteiger partial charge in [-0.1, -0.05) is 32.3 Å². The Kier molecular flexibility index (Phi) is 11.3. The van der Waals surface area contributed by atoms with Crippen molar-refractivity contribution in [1.29, 1.82) is 0 Å². The van der Waals surface area contributed by atoms with Crippen LogP contribution in [0, 0.1) is 0 Å². The minimum absolute atomic E-state index is 1.19. The van der Waals surface area contributed by atoms with Gasteiger partial charge >= 0.3 is 10.4 Å². The first-order valence-electron chi connectivity index (χ1n) is 4.22. The molecule has 0 rings (SSSR count). The van der Waals surface area contributed by atoms with Gasteiger partial charge in [0.25, 0.3) is 0 Å². The molecule has 0 heterocycles. The monoisotopic (exact) mass is 210 g/mol. The zero-order chi connectivity index (χ0) is 10.7. The van der Waals surface area contributed by atoms with Gasteiger partial charge in [0.2, 0.25) is 0 Å². The summed E-state index contributed by atoms with van der Waals surface area (Å²) in [7, 11) is -4.67. The fourth-order valence-electron chi connectivity index (χ4n) is 0.715. The first kappa shape index (κ1) is 15.1. The average Bonchev–Trinajstić information content (AvgIpc) is 1.95. The van der Waals surface area contributed by atoms with Crippen LogP contribution < -0.4 is 0 Å². The van der Waals surface area contributed by atoms with Crippen molar-refractivity contribution in [3.63, 3.8) is 0 Å². The third kappa shape index (κ3) is 50.5. The third-order valence-electron chi connectivity index (χ3n) is 1.26. The van der Waals surface area contributed by atoms with E-state index in [2.05, 4.69) is 13.5 Å². The summed E-state index contributed by atoms with van der Waals surface area (Å²) in [6.45, 7) is 5.89. The van der Waals surface area contributed by atoms with E-state index in [0.717, 1.165) is 0 Å². The van der Waals surface area contributed by atoms with Crippen LogP contribution in [0.5, 0.6) is 0 Å². The topological polar surface area (TPSA) is 74.6 Å². The Bertz CT molecular complexity index is 188. The van der Waals surface area contributed by atoms with Gasteiger partial charge in [0.1, 0.15) is 0 Å². The van der Waals surface area contributed by atoms with E-state index in [0.29, 0.717) is 0 Å². The highest BCUT2D eigenvalue weighted by molar-refractivity contribution is 7.79. The molecule has 4 nitrogen and oxygen atoms in total. The van der Waals surface area contributed by atoms with Gasteiger partial charge in [-0.05, 0) is 12.8 Å². The second-order valence-corrected chi connectivity index (χ2v) is 3.48. The summed E-state index contributed by atoms with van der Waals surface area (Å²) in [5.41, 5.74) is 0. The van der Waals surface area contributed by atoms with Gasteiger partial charge in [0.05, 0.1) is 0 Å². The predicted octanol–water partition coefficient (Wildman–Crippen LogP) is 2.49. The summed E-state index contributed by atoms with van der Waals surface area (Å²) in [4.78, 5) is 0. The van der Waals surface area contributed by atoms with Gasteiger partial charge in [-0.3, -0.25) is 9.11 Å². The molecule has 0 radical (unpaired) electrons. The summed E-state index contributed by atoms with van der Waals surface area (Å²) in [6.07, 6.45) is 8.61. The number of unbranched alkanes of at least 4 members (excludes halogenated alkanes) is 4. The molecule has 0 unspecified atom stereocenters. The lowest BCUT2D eigenvalue weighted by Crippen LogP contribution is -1.89. The highest BCUT2D eigenvalue weighted by Gasteiger charge is 1.84. The van der Waals surface area contributed by atoms with Crippen LogP contribution in [0.2, 0.25) is 0 Å². The standard InChI is InChI=1S/C8H16.H2O4S/c1-3-5-7-8-6-4-2;1-5(2,3)4/h3H,1,4-8H2,2H3;(H2,1,2,3,4). The van der Waals surface area contributed by atoms with Crippen molar-refractivity contribution in [3.8, 4) is 0 Å². The number of hydrogen-bond acceptors (Lipinski definition) is 2. The van der Waals surface area contributed by atoms with Crippen LogP contribution in [0.15, 0.2) is 12.7 Å². The Hall–Kier alpha value is -0.390. The van der Waals surface area contributed by atoms with E-state index in [4.69, 9.17) is 17.5 Å². The minimum Gasteiger partial charge on any atom is -0.264 e. The number of hydrogen-bond donors (Lipinski definition) is 2. The van der Waals surface area contributed by atoms with Crippen molar-refractivity contribution in [3.05, 3.63) is 12.7 Å². The number of allylic oxidation sites excluding steroid dienone is 1. The molecule has 0 aromatic rings. The summed E-state index contributed by atoms with van der Waals surface area (Å²) in [5.74, 6) is 0. The highest BCUT2D eigenvalue weighted by Crippen LogP contribution is 2.01. The molecule has 0 bridgehead atoms. The maximum atomic E-state index is 8.74. The van der Waals surface area contributed by atoms with Gasteiger partial charge in [-0.2, -0.15) is 8.42 Å². The smallest absolute Gasteiger partial charge is 0.264 e. The molecule has 2 N–H and O–H groups in total. The van der Waals surface area contributed by atoms with Crippen molar-refractivity contribution >= 4 is 10.4 Å². The van der Waals surface area contributed by atoms with Crippen LogP contribution in [0.3, 0.4) is 0 Å². The molecular weight excluding hydrogens is 192 g/mol. The molecule has 0 aromatic heterocycles. The normalized spacial score (nSPS) is 10.1. The quantitative estimate of drug-likeness (QED) is 0.415. The lowest BCUT2D eigenvalue weighted by molar-refractivity contribution is 0.381. The molecule has 0 amide bonds. The molecule has 13 heavy (non-hydrogen) atoms. The lowest BCUT2D eigenvalue weighted by Gasteiger charge is -1.91. The van der Waals surface area contributed by atoms with Crippen LogP contribution in [0.1, 0.15) is 39.0 Å². The van der Waals surface area contributed by atoms with E-state index in [1.54, 1.807) is 0 Å². The zero-order valence-electron chi connectivity index (χ0n) is 7.94. The second-order valence-electron chi connectivity index (χ2n) is 2.59. The fraction of sp³-hybridized carbons (Fsp3) is 0.750. The molecule has 5 heteroatoms. The molecule has 0 saturated carbocycles. The lowest BCUT2D eigenvalue weighted by atomic mass is 10.2. The number of rotatable bonds is 5. The van der Waals surface area contributed by atoms with Crippen molar-refractivity contribution < 1.29 is 17.5 Å². The van der Waals surface area contributed by atoms with Gasteiger partial charge < -0.3 is 0 Å². The Labute approximate surface area is 80.2 Å². The van der Waals surface area contributed by atoms with E-state index in [1.807, 2.05) is 6.08 Å². The summed E-state index contributed by atoms with van der Waals surface area (Å²) >= 11 is 0. The molecule has 0 aliphatic rings. The van der Waals surface area contributed by atoms with Crippen LogP contribution >= 0.6 is 0 Å². The average molecular weight is 210 g/mol. The van der Waals surface area contributed by atoms with Gasteiger partial charge in [0.15, 0.2) is 0 Å². The SMILES string of the molecule is C=CCCCCCC.O=S(=O)(O)O. The van der Waals surface area contributed by atoms with E-state index < -0.39 is 10.4 Å². The molecule has 0 aromatic carbocycles. The van der Waals surface area contributed by atoms with Gasteiger partial charge in [0, 0.05) is 0 Å². The van der Waals surface area contributed by atoms with E-state index in [1.165, 1.54) is 32.1 Å². The Morgan fingerprint density at radius 1 is 1.23 bits per heavy atom. The zero-order valence-corrected chi connectivity index (χ0v) is 8.76. The first-order valence-corrected chi connectivity index (χ1v) is 5.62. The first-order chi connectivity index (χ1) is 5.91. The predicted molar refractivity (Wildman–Crippen MR) is 53.1 cm³/mol. The summed E-state index contributed by atoms with van der Waals surface area (Å²) in [6, 6.07) is 0. The Balaban J connectivity index is 0. The Morgan fingerprint density at radius 3 is 2.00 bits per heavy atom. The van der Waals surface area contributed by atoms with Crippen LogP contribution in [0.25, 0.3) is 0 Å². The Morgan fingerprint density at radius 2 is 1.69 bits per heavy atom. The summed E-state index contributed by atoms with van der Waals surface area (Å²) < 4.78 is 31.6.